The largest absolute Gasteiger partial charge is 0.341 e. The molecule has 2 aromatic heterocycles. The highest BCUT2D eigenvalue weighted by Gasteiger charge is 2.25. The van der Waals surface area contributed by atoms with Crippen molar-refractivity contribution < 1.29 is 4.79 Å². The van der Waals surface area contributed by atoms with Gasteiger partial charge in [-0.15, -0.1) is 0 Å². The molecule has 0 aliphatic carbocycles. The summed E-state index contributed by atoms with van der Waals surface area (Å²) >= 11 is 0. The Morgan fingerprint density at radius 1 is 1.33 bits per heavy atom. The summed E-state index contributed by atoms with van der Waals surface area (Å²) in [6.07, 6.45) is 5.40. The summed E-state index contributed by atoms with van der Waals surface area (Å²) < 4.78 is 0. The minimum atomic E-state index is -0.00843. The molecule has 1 saturated heterocycles. The SMILES string of the molecule is Cc1cccc(Nc2cncc([C@@H]3CCCN(C(=O)CN)C3)n2)n1. The average Bonchev–Trinajstić information content (AvgIpc) is 2.61. The number of piperidine rings is 1. The molecule has 0 radical (unpaired) electrons. The van der Waals surface area contributed by atoms with E-state index >= 15 is 0 Å². The number of hydrogen-bond acceptors (Lipinski definition) is 6. The Hall–Kier alpha value is -2.54. The molecule has 1 amide bonds. The van der Waals surface area contributed by atoms with Crippen LogP contribution in [-0.2, 0) is 4.79 Å². The number of nitrogens with one attached hydrogen (secondary N) is 1. The molecule has 2 aromatic rings. The average molecular weight is 326 g/mol. The first kappa shape index (κ1) is 16.3. The lowest BCUT2D eigenvalue weighted by Crippen LogP contribution is -2.42. The smallest absolute Gasteiger partial charge is 0.236 e. The van der Waals surface area contributed by atoms with E-state index in [0.717, 1.165) is 36.6 Å². The van der Waals surface area contributed by atoms with E-state index in [9.17, 15) is 4.79 Å². The first-order valence-electron chi connectivity index (χ1n) is 8.16. The van der Waals surface area contributed by atoms with Crippen LogP contribution in [0.2, 0.25) is 0 Å². The summed E-state index contributed by atoms with van der Waals surface area (Å²) in [7, 11) is 0. The van der Waals surface area contributed by atoms with Gasteiger partial charge in [0.15, 0.2) is 0 Å². The monoisotopic (exact) mass is 326 g/mol. The van der Waals surface area contributed by atoms with Gasteiger partial charge in [0.2, 0.25) is 5.91 Å². The van der Waals surface area contributed by atoms with Crippen molar-refractivity contribution in [2.75, 3.05) is 25.0 Å². The van der Waals surface area contributed by atoms with E-state index in [1.54, 1.807) is 12.4 Å². The van der Waals surface area contributed by atoms with Crippen molar-refractivity contribution in [3.63, 3.8) is 0 Å². The Kier molecular flexibility index (Phi) is 5.00. The van der Waals surface area contributed by atoms with Gasteiger partial charge in [0.25, 0.3) is 0 Å². The zero-order valence-electron chi connectivity index (χ0n) is 13.8. The molecule has 7 nitrogen and oxygen atoms in total. The number of nitrogens with two attached hydrogens (primary N) is 1. The van der Waals surface area contributed by atoms with E-state index in [2.05, 4.69) is 20.3 Å². The molecule has 0 bridgehead atoms. The molecule has 24 heavy (non-hydrogen) atoms. The van der Waals surface area contributed by atoms with Crippen molar-refractivity contribution in [2.24, 2.45) is 5.73 Å². The van der Waals surface area contributed by atoms with Gasteiger partial charge in [0, 0.05) is 30.9 Å². The van der Waals surface area contributed by atoms with Gasteiger partial charge in [-0.05, 0) is 31.9 Å². The van der Waals surface area contributed by atoms with Crippen LogP contribution in [0.1, 0.15) is 30.1 Å². The molecule has 126 valence electrons. The van der Waals surface area contributed by atoms with Crippen molar-refractivity contribution in [1.82, 2.24) is 19.9 Å². The molecular formula is C17H22N6O. The van der Waals surface area contributed by atoms with Crippen LogP contribution in [0.25, 0.3) is 0 Å². The standard InChI is InChI=1S/C17H22N6O/c1-12-4-2-6-15(20-12)22-16-10-19-9-14(21-16)13-5-3-7-23(11-13)17(24)8-18/h2,4,6,9-10,13H,3,5,7-8,11,18H2,1H3,(H,20,21,22)/t13-/m1/s1. The van der Waals surface area contributed by atoms with Gasteiger partial charge >= 0.3 is 0 Å². The molecule has 1 fully saturated rings. The van der Waals surface area contributed by atoms with Crippen LogP contribution in [0, 0.1) is 6.92 Å². The van der Waals surface area contributed by atoms with Crippen LogP contribution in [-0.4, -0.2) is 45.4 Å². The highest BCUT2D eigenvalue weighted by atomic mass is 16.2. The number of carbonyl (C=O) groups excluding carboxylic acids is 1. The summed E-state index contributed by atoms with van der Waals surface area (Å²) in [6, 6.07) is 5.78. The molecule has 0 saturated carbocycles. The number of hydrogen-bond donors (Lipinski definition) is 2. The number of aromatic nitrogens is 3. The van der Waals surface area contributed by atoms with Crippen molar-refractivity contribution in [3.05, 3.63) is 42.0 Å². The number of nitrogens with zero attached hydrogens (tertiary/aromatic N) is 4. The topological polar surface area (TPSA) is 97.0 Å². The quantitative estimate of drug-likeness (QED) is 0.885. The van der Waals surface area contributed by atoms with Crippen LogP contribution >= 0.6 is 0 Å². The molecular weight excluding hydrogens is 304 g/mol. The number of aryl methyl sites for hydroxylation is 1. The molecule has 0 spiro atoms. The number of pyridine rings is 1. The van der Waals surface area contributed by atoms with Gasteiger partial charge < -0.3 is 16.0 Å². The Morgan fingerprint density at radius 3 is 3.00 bits per heavy atom. The summed E-state index contributed by atoms with van der Waals surface area (Å²) in [5.74, 6) is 1.58. The zero-order chi connectivity index (χ0) is 16.9. The minimum absolute atomic E-state index is 0.00843. The van der Waals surface area contributed by atoms with Crippen molar-refractivity contribution in [2.45, 2.75) is 25.7 Å². The highest BCUT2D eigenvalue weighted by Crippen LogP contribution is 2.26. The molecule has 0 unspecified atom stereocenters. The van der Waals surface area contributed by atoms with Crippen molar-refractivity contribution in [3.8, 4) is 0 Å². The fraction of sp³-hybridized carbons (Fsp3) is 0.412. The Balaban J connectivity index is 1.74. The van der Waals surface area contributed by atoms with Crippen LogP contribution in [0.15, 0.2) is 30.6 Å². The van der Waals surface area contributed by atoms with E-state index in [1.807, 2.05) is 30.0 Å². The predicted molar refractivity (Wildman–Crippen MR) is 91.9 cm³/mol. The third kappa shape index (κ3) is 3.86. The Morgan fingerprint density at radius 2 is 2.21 bits per heavy atom. The number of anilines is 2. The molecule has 3 heterocycles. The van der Waals surface area contributed by atoms with Gasteiger partial charge in [-0.2, -0.15) is 0 Å². The summed E-state index contributed by atoms with van der Waals surface area (Å²) in [6.45, 7) is 3.42. The maximum absolute atomic E-state index is 11.8. The molecule has 1 atom stereocenters. The van der Waals surface area contributed by atoms with E-state index in [-0.39, 0.29) is 18.4 Å². The second-order valence-corrected chi connectivity index (χ2v) is 6.00. The van der Waals surface area contributed by atoms with Gasteiger partial charge in [0.05, 0.1) is 18.4 Å². The third-order valence-corrected chi connectivity index (χ3v) is 4.16. The van der Waals surface area contributed by atoms with E-state index in [1.165, 1.54) is 0 Å². The first-order chi connectivity index (χ1) is 11.7. The van der Waals surface area contributed by atoms with E-state index in [4.69, 9.17) is 5.73 Å². The number of amides is 1. The van der Waals surface area contributed by atoms with E-state index in [0.29, 0.717) is 12.4 Å². The molecule has 3 N–H and O–H groups in total. The number of likely N-dealkylation sites (tertiary alicyclic amines) is 1. The first-order valence-corrected chi connectivity index (χ1v) is 8.16. The number of carbonyl (C=O) groups is 1. The Bertz CT molecular complexity index is 720. The normalized spacial score (nSPS) is 17.6. The fourth-order valence-electron chi connectivity index (χ4n) is 2.96. The second-order valence-electron chi connectivity index (χ2n) is 6.00. The predicted octanol–water partition coefficient (Wildman–Crippen LogP) is 1.59. The number of rotatable bonds is 4. The molecule has 1 aliphatic heterocycles. The second kappa shape index (κ2) is 7.35. The molecule has 1 aliphatic rings. The lowest BCUT2D eigenvalue weighted by atomic mass is 9.95. The fourth-order valence-corrected chi connectivity index (χ4v) is 2.96. The van der Waals surface area contributed by atoms with Crippen LogP contribution in [0.5, 0.6) is 0 Å². The van der Waals surface area contributed by atoms with Gasteiger partial charge in [0.1, 0.15) is 11.6 Å². The molecule has 3 rings (SSSR count). The third-order valence-electron chi connectivity index (χ3n) is 4.16. The summed E-state index contributed by atoms with van der Waals surface area (Å²) in [5.41, 5.74) is 7.30. The van der Waals surface area contributed by atoms with Crippen LogP contribution in [0.4, 0.5) is 11.6 Å². The van der Waals surface area contributed by atoms with Gasteiger partial charge in [-0.1, -0.05) is 6.07 Å². The summed E-state index contributed by atoms with van der Waals surface area (Å²) in [5, 5.41) is 3.18. The molecule has 0 aromatic carbocycles. The maximum Gasteiger partial charge on any atom is 0.236 e. The van der Waals surface area contributed by atoms with E-state index < -0.39 is 0 Å². The van der Waals surface area contributed by atoms with Crippen LogP contribution < -0.4 is 11.1 Å². The maximum atomic E-state index is 11.8. The Labute approximate surface area is 141 Å². The van der Waals surface area contributed by atoms with Crippen molar-refractivity contribution in [1.29, 1.82) is 0 Å². The van der Waals surface area contributed by atoms with Crippen LogP contribution in [0.3, 0.4) is 0 Å². The lowest BCUT2D eigenvalue weighted by molar-refractivity contribution is -0.130. The minimum Gasteiger partial charge on any atom is -0.341 e. The summed E-state index contributed by atoms with van der Waals surface area (Å²) in [4.78, 5) is 27.0. The van der Waals surface area contributed by atoms with Gasteiger partial charge in [-0.3, -0.25) is 9.78 Å². The molecule has 7 heteroatoms. The van der Waals surface area contributed by atoms with Gasteiger partial charge in [-0.25, -0.2) is 9.97 Å². The van der Waals surface area contributed by atoms with Crippen molar-refractivity contribution >= 4 is 17.5 Å². The highest BCUT2D eigenvalue weighted by molar-refractivity contribution is 5.78. The lowest BCUT2D eigenvalue weighted by Gasteiger charge is -2.32. The zero-order valence-corrected chi connectivity index (χ0v) is 13.8.